The Hall–Kier alpha value is -1.15. The van der Waals surface area contributed by atoms with Gasteiger partial charge in [-0.1, -0.05) is 30.3 Å². The van der Waals surface area contributed by atoms with Gasteiger partial charge in [-0.3, -0.25) is 0 Å². The van der Waals surface area contributed by atoms with Crippen molar-refractivity contribution in [1.29, 1.82) is 0 Å². The van der Waals surface area contributed by atoms with E-state index in [1.807, 2.05) is 37.4 Å². The monoisotopic (exact) mass is 402 g/mol. The summed E-state index contributed by atoms with van der Waals surface area (Å²) in [5, 5.41) is 6.09. The molecule has 0 spiro atoms. The third kappa shape index (κ3) is 5.09. The van der Waals surface area contributed by atoms with Gasteiger partial charge < -0.3 is 11.1 Å². The maximum Gasteiger partial charge on any atom is 0.189 e. The molecule has 0 amide bonds. The van der Waals surface area contributed by atoms with Crippen molar-refractivity contribution < 1.29 is 0 Å². The Morgan fingerprint density at radius 2 is 2.05 bits per heavy atom. The highest BCUT2D eigenvalue weighted by atomic mass is 127. The molecule has 108 valence electrons. The second kappa shape index (κ2) is 8.21. The van der Waals surface area contributed by atoms with E-state index in [9.17, 15) is 0 Å². The lowest BCUT2D eigenvalue weighted by molar-refractivity contribution is 0.723. The van der Waals surface area contributed by atoms with Gasteiger partial charge in [-0.2, -0.15) is 0 Å². The number of benzene rings is 1. The molecular formula is C14H19IN4S. The standard InChI is InChI=1S/C14H18N4S.HI/c1-10(2)17-14(15)16-8-12-9-19-13(18-12)11-6-4-3-5-7-11;/h3-7,9-10H,8H2,1-2H3,(H3,15,16,17);1H. The summed E-state index contributed by atoms with van der Waals surface area (Å²) in [6.07, 6.45) is 0. The summed E-state index contributed by atoms with van der Waals surface area (Å²) in [6, 6.07) is 10.4. The van der Waals surface area contributed by atoms with E-state index in [0.717, 1.165) is 16.3 Å². The van der Waals surface area contributed by atoms with Crippen molar-refractivity contribution in [3.8, 4) is 10.6 Å². The third-order valence-electron chi connectivity index (χ3n) is 2.42. The fourth-order valence-corrected chi connectivity index (χ4v) is 2.42. The zero-order chi connectivity index (χ0) is 13.7. The highest BCUT2D eigenvalue weighted by molar-refractivity contribution is 14.0. The summed E-state index contributed by atoms with van der Waals surface area (Å²) in [4.78, 5) is 8.83. The van der Waals surface area contributed by atoms with Gasteiger partial charge in [0.2, 0.25) is 0 Å². The van der Waals surface area contributed by atoms with Gasteiger partial charge in [0.25, 0.3) is 0 Å². The van der Waals surface area contributed by atoms with Crippen molar-refractivity contribution in [1.82, 2.24) is 10.3 Å². The van der Waals surface area contributed by atoms with Crippen LogP contribution in [-0.4, -0.2) is 17.0 Å². The minimum Gasteiger partial charge on any atom is -0.370 e. The van der Waals surface area contributed by atoms with E-state index >= 15 is 0 Å². The minimum atomic E-state index is 0. The molecule has 0 saturated carbocycles. The molecule has 1 aromatic heterocycles. The lowest BCUT2D eigenvalue weighted by Crippen LogP contribution is -2.36. The summed E-state index contributed by atoms with van der Waals surface area (Å²) in [5.41, 5.74) is 7.83. The third-order valence-corrected chi connectivity index (χ3v) is 3.36. The second-order valence-corrected chi connectivity index (χ2v) is 5.37. The van der Waals surface area contributed by atoms with Crippen LogP contribution in [0.25, 0.3) is 10.6 Å². The smallest absolute Gasteiger partial charge is 0.189 e. The van der Waals surface area contributed by atoms with Crippen molar-refractivity contribution in [2.75, 3.05) is 0 Å². The average molecular weight is 402 g/mol. The SMILES string of the molecule is CC(C)NC(N)=NCc1csc(-c2ccccc2)n1.I. The van der Waals surface area contributed by atoms with Gasteiger partial charge >= 0.3 is 0 Å². The highest BCUT2D eigenvalue weighted by Crippen LogP contribution is 2.23. The number of nitrogens with zero attached hydrogens (tertiary/aromatic N) is 2. The predicted octanol–water partition coefficient (Wildman–Crippen LogP) is 3.24. The first-order chi connectivity index (χ1) is 9.15. The number of aliphatic imine (C=N–C) groups is 1. The van der Waals surface area contributed by atoms with Crippen LogP contribution in [0.1, 0.15) is 19.5 Å². The first kappa shape index (κ1) is 16.9. The van der Waals surface area contributed by atoms with Crippen LogP contribution in [0.4, 0.5) is 0 Å². The van der Waals surface area contributed by atoms with E-state index in [1.165, 1.54) is 0 Å². The Morgan fingerprint density at radius 1 is 1.35 bits per heavy atom. The van der Waals surface area contributed by atoms with E-state index in [1.54, 1.807) is 11.3 Å². The molecule has 0 aliphatic carbocycles. The predicted molar refractivity (Wildman–Crippen MR) is 96.6 cm³/mol. The highest BCUT2D eigenvalue weighted by Gasteiger charge is 2.04. The van der Waals surface area contributed by atoms with E-state index in [-0.39, 0.29) is 24.0 Å². The summed E-state index contributed by atoms with van der Waals surface area (Å²) in [7, 11) is 0. The van der Waals surface area contributed by atoms with Crippen molar-refractivity contribution in [3.05, 3.63) is 41.4 Å². The van der Waals surface area contributed by atoms with Gasteiger partial charge in [0.15, 0.2) is 5.96 Å². The number of aromatic nitrogens is 1. The van der Waals surface area contributed by atoms with Crippen LogP contribution in [0.5, 0.6) is 0 Å². The molecule has 0 fully saturated rings. The molecule has 0 aliphatic heterocycles. The van der Waals surface area contributed by atoms with Crippen molar-refractivity contribution in [2.45, 2.75) is 26.4 Å². The molecule has 1 heterocycles. The summed E-state index contributed by atoms with van der Waals surface area (Å²) >= 11 is 1.63. The van der Waals surface area contributed by atoms with Crippen molar-refractivity contribution in [2.24, 2.45) is 10.7 Å². The van der Waals surface area contributed by atoms with Crippen LogP contribution in [0.2, 0.25) is 0 Å². The minimum absolute atomic E-state index is 0. The molecule has 3 N–H and O–H groups in total. The Morgan fingerprint density at radius 3 is 2.70 bits per heavy atom. The number of hydrogen-bond donors (Lipinski definition) is 2. The van der Waals surface area contributed by atoms with Crippen LogP contribution >= 0.6 is 35.3 Å². The van der Waals surface area contributed by atoms with E-state index < -0.39 is 0 Å². The number of hydrogen-bond acceptors (Lipinski definition) is 3. The van der Waals surface area contributed by atoms with Crippen molar-refractivity contribution >= 4 is 41.3 Å². The van der Waals surface area contributed by atoms with Crippen LogP contribution in [-0.2, 0) is 6.54 Å². The molecule has 2 rings (SSSR count). The average Bonchev–Trinajstić information content (AvgIpc) is 2.85. The first-order valence-electron chi connectivity index (χ1n) is 6.21. The van der Waals surface area contributed by atoms with Gasteiger partial charge in [0.05, 0.1) is 12.2 Å². The Balaban J connectivity index is 0.00000200. The maximum absolute atomic E-state index is 5.75. The Labute approximate surface area is 140 Å². The molecule has 0 atom stereocenters. The number of nitrogens with one attached hydrogen (secondary N) is 1. The van der Waals surface area contributed by atoms with E-state index in [0.29, 0.717) is 18.5 Å². The number of halogens is 1. The normalized spacial score (nSPS) is 11.2. The number of guanidine groups is 1. The molecule has 6 heteroatoms. The molecule has 0 unspecified atom stereocenters. The van der Waals surface area contributed by atoms with Gasteiger partial charge in [-0.15, -0.1) is 35.3 Å². The topological polar surface area (TPSA) is 63.3 Å². The quantitative estimate of drug-likeness (QED) is 0.469. The molecular weight excluding hydrogens is 383 g/mol. The van der Waals surface area contributed by atoms with Crippen molar-refractivity contribution in [3.63, 3.8) is 0 Å². The number of thiazole rings is 1. The summed E-state index contributed by atoms with van der Waals surface area (Å²) < 4.78 is 0. The van der Waals surface area contributed by atoms with Gasteiger partial charge in [-0.05, 0) is 13.8 Å². The molecule has 4 nitrogen and oxygen atoms in total. The fraction of sp³-hybridized carbons (Fsp3) is 0.286. The lowest BCUT2D eigenvalue weighted by Gasteiger charge is -2.07. The molecule has 20 heavy (non-hydrogen) atoms. The molecule has 0 radical (unpaired) electrons. The summed E-state index contributed by atoms with van der Waals surface area (Å²) in [6.45, 7) is 4.56. The molecule has 0 bridgehead atoms. The second-order valence-electron chi connectivity index (χ2n) is 4.51. The molecule has 0 aliphatic rings. The van der Waals surface area contributed by atoms with Gasteiger partial charge in [0, 0.05) is 17.0 Å². The lowest BCUT2D eigenvalue weighted by atomic mass is 10.2. The van der Waals surface area contributed by atoms with Crippen LogP contribution in [0.3, 0.4) is 0 Å². The Kier molecular flexibility index (Phi) is 6.94. The molecule has 2 aromatic rings. The summed E-state index contributed by atoms with van der Waals surface area (Å²) in [5.74, 6) is 0.462. The molecule has 1 aromatic carbocycles. The zero-order valence-electron chi connectivity index (χ0n) is 11.5. The van der Waals surface area contributed by atoms with E-state index in [4.69, 9.17) is 5.73 Å². The Bertz CT molecular complexity index is 551. The first-order valence-corrected chi connectivity index (χ1v) is 7.09. The van der Waals surface area contributed by atoms with E-state index in [2.05, 4.69) is 27.4 Å². The maximum atomic E-state index is 5.75. The van der Waals surface area contributed by atoms with Crippen LogP contribution < -0.4 is 11.1 Å². The number of nitrogens with two attached hydrogens (primary N) is 1. The zero-order valence-corrected chi connectivity index (χ0v) is 14.7. The molecule has 0 saturated heterocycles. The fourth-order valence-electron chi connectivity index (χ4n) is 1.60. The van der Waals surface area contributed by atoms with Gasteiger partial charge in [-0.25, -0.2) is 9.98 Å². The largest absolute Gasteiger partial charge is 0.370 e. The van der Waals surface area contributed by atoms with Crippen LogP contribution in [0.15, 0.2) is 40.7 Å². The number of rotatable bonds is 4. The van der Waals surface area contributed by atoms with Gasteiger partial charge in [0.1, 0.15) is 5.01 Å². The van der Waals surface area contributed by atoms with Crippen LogP contribution in [0, 0.1) is 0 Å².